The van der Waals surface area contributed by atoms with E-state index in [1.807, 2.05) is 0 Å². The van der Waals surface area contributed by atoms with E-state index in [1.165, 1.54) is 23.4 Å². The van der Waals surface area contributed by atoms with Gasteiger partial charge in [-0.25, -0.2) is 8.42 Å². The molecule has 1 aliphatic heterocycles. The number of halogens is 1. The lowest BCUT2D eigenvalue weighted by Crippen LogP contribution is -3.15. The first kappa shape index (κ1) is 22.2. The molecule has 1 aliphatic rings. The Balaban J connectivity index is 1.50. The maximum absolute atomic E-state index is 12.7. The van der Waals surface area contributed by atoms with Crippen LogP contribution >= 0.6 is 11.6 Å². The Morgan fingerprint density at radius 3 is 2.03 bits per heavy atom. The second kappa shape index (κ2) is 9.57. The van der Waals surface area contributed by atoms with Crippen LogP contribution in [0.15, 0.2) is 53.4 Å². The Hall–Kier alpha value is -2.46. The van der Waals surface area contributed by atoms with Gasteiger partial charge < -0.3 is 15.5 Å². The molecule has 8 nitrogen and oxygen atoms in total. The predicted molar refractivity (Wildman–Crippen MR) is 115 cm³/mol. The number of quaternary nitrogens is 1. The van der Waals surface area contributed by atoms with Gasteiger partial charge >= 0.3 is 0 Å². The zero-order valence-electron chi connectivity index (χ0n) is 16.5. The van der Waals surface area contributed by atoms with Crippen LogP contribution in [0.4, 0.5) is 11.4 Å². The number of nitrogens with one attached hydrogen (secondary N) is 3. The molecule has 1 saturated heterocycles. The van der Waals surface area contributed by atoms with Gasteiger partial charge in [0.25, 0.3) is 5.91 Å². The average Bonchev–Trinajstić information content (AvgIpc) is 2.70. The van der Waals surface area contributed by atoms with Crippen molar-refractivity contribution in [3.8, 4) is 0 Å². The molecule has 0 saturated carbocycles. The fraction of sp³-hybridized carbons (Fsp3) is 0.300. The number of amides is 2. The molecule has 3 N–H and O–H groups in total. The highest BCUT2D eigenvalue weighted by Crippen LogP contribution is 2.18. The quantitative estimate of drug-likeness (QED) is 0.605. The first-order valence-corrected chi connectivity index (χ1v) is 11.3. The smallest absolute Gasteiger partial charge is 0.279 e. The van der Waals surface area contributed by atoms with E-state index in [-0.39, 0.29) is 23.3 Å². The monoisotopic (exact) mass is 451 g/mol. The molecule has 0 unspecified atom stereocenters. The third-order valence-corrected chi connectivity index (χ3v) is 6.95. The molecule has 30 heavy (non-hydrogen) atoms. The summed E-state index contributed by atoms with van der Waals surface area (Å²) in [5.74, 6) is -0.307. The van der Waals surface area contributed by atoms with Crippen molar-refractivity contribution < 1.29 is 22.9 Å². The minimum absolute atomic E-state index is 0.147. The Kier molecular flexibility index (Phi) is 7.09. The predicted octanol–water partition coefficient (Wildman–Crippen LogP) is 0.826. The van der Waals surface area contributed by atoms with Crippen molar-refractivity contribution in [1.29, 1.82) is 0 Å². The van der Waals surface area contributed by atoms with E-state index in [4.69, 9.17) is 11.6 Å². The van der Waals surface area contributed by atoms with Gasteiger partial charge in [0.05, 0.1) is 31.1 Å². The highest BCUT2D eigenvalue weighted by atomic mass is 35.5. The SMILES string of the molecule is CC(=O)Nc1ccc(NC(=O)C[NH+]2CCN(S(=O)(=O)c3ccc(Cl)cc3)CC2)cc1. The fourth-order valence-corrected chi connectivity index (χ4v) is 4.82. The molecule has 1 fully saturated rings. The van der Waals surface area contributed by atoms with Gasteiger partial charge in [-0.2, -0.15) is 4.31 Å². The first-order chi connectivity index (χ1) is 14.2. The van der Waals surface area contributed by atoms with E-state index in [0.717, 1.165) is 4.90 Å². The lowest BCUT2D eigenvalue weighted by atomic mass is 10.2. The van der Waals surface area contributed by atoms with Gasteiger partial charge in [0, 0.05) is 23.3 Å². The molecule has 2 aromatic carbocycles. The molecule has 160 valence electrons. The Labute approximate surface area is 180 Å². The van der Waals surface area contributed by atoms with Gasteiger partial charge in [0.1, 0.15) is 0 Å². The number of carbonyl (C=O) groups is 2. The number of hydrogen-bond acceptors (Lipinski definition) is 4. The second-order valence-corrected chi connectivity index (χ2v) is 9.47. The van der Waals surface area contributed by atoms with Gasteiger partial charge in [-0.1, -0.05) is 11.6 Å². The van der Waals surface area contributed by atoms with Crippen molar-refractivity contribution >= 4 is 44.8 Å². The number of carbonyl (C=O) groups excluding carboxylic acids is 2. The molecule has 10 heteroatoms. The van der Waals surface area contributed by atoms with Crippen LogP contribution in [0.2, 0.25) is 5.02 Å². The Morgan fingerprint density at radius 1 is 0.967 bits per heavy atom. The summed E-state index contributed by atoms with van der Waals surface area (Å²) >= 11 is 5.83. The number of anilines is 2. The minimum atomic E-state index is -3.56. The number of hydrogen-bond donors (Lipinski definition) is 3. The summed E-state index contributed by atoms with van der Waals surface area (Å²) < 4.78 is 26.9. The zero-order valence-corrected chi connectivity index (χ0v) is 18.1. The maximum Gasteiger partial charge on any atom is 0.279 e. The topological polar surface area (TPSA) is 100 Å². The molecule has 3 rings (SSSR count). The van der Waals surface area contributed by atoms with Crippen molar-refractivity contribution in [3.05, 3.63) is 53.6 Å². The Bertz CT molecular complexity index is 1000. The summed E-state index contributed by atoms with van der Waals surface area (Å²) in [6.45, 7) is 3.46. The molecular formula is C20H24ClN4O4S+. The Morgan fingerprint density at radius 2 is 1.50 bits per heavy atom. The summed E-state index contributed by atoms with van der Waals surface area (Å²) in [5, 5.41) is 5.98. The lowest BCUT2D eigenvalue weighted by Gasteiger charge is -2.31. The molecule has 0 spiro atoms. The van der Waals surface area contributed by atoms with E-state index in [2.05, 4.69) is 10.6 Å². The highest BCUT2D eigenvalue weighted by molar-refractivity contribution is 7.89. The van der Waals surface area contributed by atoms with Crippen LogP contribution < -0.4 is 15.5 Å². The van der Waals surface area contributed by atoms with Crippen molar-refractivity contribution in [2.45, 2.75) is 11.8 Å². The van der Waals surface area contributed by atoms with Crippen LogP contribution in [-0.2, 0) is 19.6 Å². The van der Waals surface area contributed by atoms with Crippen molar-refractivity contribution in [3.63, 3.8) is 0 Å². The number of piperazine rings is 1. The van der Waals surface area contributed by atoms with E-state index < -0.39 is 10.0 Å². The van der Waals surface area contributed by atoms with Crippen molar-refractivity contribution in [2.75, 3.05) is 43.4 Å². The third kappa shape index (κ3) is 5.79. The molecule has 1 heterocycles. The maximum atomic E-state index is 12.7. The van der Waals surface area contributed by atoms with E-state index in [9.17, 15) is 18.0 Å². The lowest BCUT2D eigenvalue weighted by molar-refractivity contribution is -0.895. The van der Waals surface area contributed by atoms with Crippen LogP contribution in [0.1, 0.15) is 6.92 Å². The summed E-state index contributed by atoms with van der Waals surface area (Å²) in [5.41, 5.74) is 1.29. The molecule has 0 radical (unpaired) electrons. The number of benzene rings is 2. The number of nitrogens with zero attached hydrogens (tertiary/aromatic N) is 1. The molecule has 0 aromatic heterocycles. The van der Waals surface area contributed by atoms with Crippen molar-refractivity contribution in [2.24, 2.45) is 0 Å². The average molecular weight is 452 g/mol. The van der Waals surface area contributed by atoms with Gasteiger partial charge in [-0.15, -0.1) is 0 Å². The van der Waals surface area contributed by atoms with E-state index in [1.54, 1.807) is 36.4 Å². The standard InChI is InChI=1S/C20H23ClN4O4S/c1-15(26)22-17-4-6-18(7-5-17)23-20(27)14-24-10-12-25(13-11-24)30(28,29)19-8-2-16(21)3-9-19/h2-9H,10-14H2,1H3,(H,22,26)(H,23,27)/p+1. The molecule has 2 aromatic rings. The van der Waals surface area contributed by atoms with Gasteiger partial charge in [0.15, 0.2) is 6.54 Å². The van der Waals surface area contributed by atoms with E-state index >= 15 is 0 Å². The summed E-state index contributed by atoms with van der Waals surface area (Å²) in [6.07, 6.45) is 0. The van der Waals surface area contributed by atoms with E-state index in [0.29, 0.717) is 42.6 Å². The molecule has 0 atom stereocenters. The normalized spacial score (nSPS) is 15.5. The van der Waals surface area contributed by atoms with Crippen LogP contribution in [0.3, 0.4) is 0 Å². The summed E-state index contributed by atoms with van der Waals surface area (Å²) in [7, 11) is -3.56. The van der Waals surface area contributed by atoms with Gasteiger partial charge in [-0.3, -0.25) is 9.59 Å². The summed E-state index contributed by atoms with van der Waals surface area (Å²) in [4.78, 5) is 24.6. The number of sulfonamides is 1. The first-order valence-electron chi connectivity index (χ1n) is 9.51. The molecule has 0 aliphatic carbocycles. The fourth-order valence-electron chi connectivity index (χ4n) is 3.25. The third-order valence-electron chi connectivity index (χ3n) is 4.78. The number of rotatable bonds is 6. The zero-order chi connectivity index (χ0) is 21.7. The van der Waals surface area contributed by atoms with Crippen LogP contribution in [0.5, 0.6) is 0 Å². The van der Waals surface area contributed by atoms with Crippen LogP contribution in [-0.4, -0.2) is 57.3 Å². The van der Waals surface area contributed by atoms with Crippen LogP contribution in [0.25, 0.3) is 0 Å². The largest absolute Gasteiger partial charge is 0.326 e. The van der Waals surface area contributed by atoms with Crippen molar-refractivity contribution in [1.82, 2.24) is 4.31 Å². The van der Waals surface area contributed by atoms with Gasteiger partial charge in [-0.05, 0) is 48.5 Å². The van der Waals surface area contributed by atoms with Crippen LogP contribution in [0, 0.1) is 0 Å². The highest BCUT2D eigenvalue weighted by Gasteiger charge is 2.31. The summed E-state index contributed by atoms with van der Waals surface area (Å²) in [6, 6.07) is 13.0. The minimum Gasteiger partial charge on any atom is -0.326 e. The molecule has 2 amide bonds. The second-order valence-electron chi connectivity index (χ2n) is 7.09. The molecular weight excluding hydrogens is 428 g/mol. The molecule has 0 bridgehead atoms. The van der Waals surface area contributed by atoms with Gasteiger partial charge in [0.2, 0.25) is 15.9 Å².